The highest BCUT2D eigenvalue weighted by Gasteiger charge is 2.23. The molecule has 9 nitrogen and oxygen atoms in total. The second-order valence-electron chi connectivity index (χ2n) is 8.46. The molecule has 182 valence electrons. The maximum atomic E-state index is 13.5. The number of likely N-dealkylation sites (tertiary alicyclic amines) is 1. The van der Waals surface area contributed by atoms with Crippen molar-refractivity contribution in [1.29, 1.82) is 0 Å². The lowest BCUT2D eigenvalue weighted by molar-refractivity contribution is -0.121. The highest BCUT2D eigenvalue weighted by Crippen LogP contribution is 2.28. The van der Waals surface area contributed by atoms with Crippen molar-refractivity contribution >= 4 is 23.3 Å². The molecule has 0 spiro atoms. The van der Waals surface area contributed by atoms with Crippen LogP contribution in [0.3, 0.4) is 0 Å². The molecule has 2 N–H and O–H groups in total. The number of pyridine rings is 1. The number of hydrogen-bond donors (Lipinski definition) is 2. The molecule has 4 rings (SSSR count). The summed E-state index contributed by atoms with van der Waals surface area (Å²) in [7, 11) is 0. The van der Waals surface area contributed by atoms with E-state index in [1.54, 1.807) is 18.3 Å². The Hall–Kier alpha value is -3.17. The zero-order valence-corrected chi connectivity index (χ0v) is 19.5. The van der Waals surface area contributed by atoms with E-state index in [9.17, 15) is 9.59 Å². The fourth-order valence-electron chi connectivity index (χ4n) is 4.18. The van der Waals surface area contributed by atoms with E-state index in [-0.39, 0.29) is 18.4 Å². The molecule has 2 amide bonds. The standard InChI is InChI=1S/C25H33N5O4/c31-23(26-11-6-14-29-12-3-4-13-29)19-30-15-16-33-17-18-34-22-9-2-1-8-21(22)28-24-20(25(30)32)7-5-10-27-24/h1-2,5,7-10H,3-4,6,11-19H2,(H,26,31)(H,27,28). The van der Waals surface area contributed by atoms with Crippen LogP contribution in [0.2, 0.25) is 0 Å². The number of carbonyl (C=O) groups excluding carboxylic acids is 2. The molecule has 0 saturated carbocycles. The van der Waals surface area contributed by atoms with Crippen molar-refractivity contribution in [1.82, 2.24) is 20.1 Å². The Morgan fingerprint density at radius 1 is 1.06 bits per heavy atom. The van der Waals surface area contributed by atoms with Gasteiger partial charge in [-0.05, 0) is 63.2 Å². The van der Waals surface area contributed by atoms with Crippen molar-refractivity contribution in [2.45, 2.75) is 19.3 Å². The molecule has 1 aromatic carbocycles. The van der Waals surface area contributed by atoms with E-state index < -0.39 is 0 Å². The van der Waals surface area contributed by atoms with Gasteiger partial charge in [-0.1, -0.05) is 12.1 Å². The molecule has 2 aliphatic heterocycles. The van der Waals surface area contributed by atoms with Crippen molar-refractivity contribution in [2.24, 2.45) is 0 Å². The van der Waals surface area contributed by atoms with E-state index >= 15 is 0 Å². The Kier molecular flexibility index (Phi) is 8.70. The van der Waals surface area contributed by atoms with E-state index in [0.717, 1.165) is 26.1 Å². The number of carbonyl (C=O) groups is 2. The third-order valence-corrected chi connectivity index (χ3v) is 5.96. The van der Waals surface area contributed by atoms with Crippen LogP contribution in [-0.2, 0) is 9.53 Å². The third kappa shape index (κ3) is 6.68. The van der Waals surface area contributed by atoms with E-state index in [1.807, 2.05) is 24.3 Å². The van der Waals surface area contributed by atoms with Crippen LogP contribution < -0.4 is 15.4 Å². The summed E-state index contributed by atoms with van der Waals surface area (Å²) in [6.45, 7) is 5.20. The Morgan fingerprint density at radius 3 is 2.79 bits per heavy atom. The first-order chi connectivity index (χ1) is 16.7. The van der Waals surface area contributed by atoms with Crippen LogP contribution in [0.4, 0.5) is 11.5 Å². The fraction of sp³-hybridized carbons (Fsp3) is 0.480. The van der Waals surface area contributed by atoms with Gasteiger partial charge in [-0.2, -0.15) is 0 Å². The van der Waals surface area contributed by atoms with Gasteiger partial charge >= 0.3 is 0 Å². The lowest BCUT2D eigenvalue weighted by Crippen LogP contribution is -2.43. The highest BCUT2D eigenvalue weighted by atomic mass is 16.5. The molecule has 3 heterocycles. The largest absolute Gasteiger partial charge is 0.489 e. The van der Waals surface area contributed by atoms with Crippen molar-refractivity contribution < 1.29 is 19.1 Å². The van der Waals surface area contributed by atoms with Crippen LogP contribution in [-0.4, -0.2) is 85.7 Å². The normalized spacial score (nSPS) is 17.3. The van der Waals surface area contributed by atoms with Crippen molar-refractivity contribution in [3.63, 3.8) is 0 Å². The number of para-hydroxylation sites is 2. The maximum absolute atomic E-state index is 13.5. The topological polar surface area (TPSA) is 96.0 Å². The summed E-state index contributed by atoms with van der Waals surface area (Å²) in [5.41, 5.74) is 1.09. The van der Waals surface area contributed by atoms with Crippen LogP contribution in [0.15, 0.2) is 42.6 Å². The summed E-state index contributed by atoms with van der Waals surface area (Å²) >= 11 is 0. The second kappa shape index (κ2) is 12.3. The van der Waals surface area contributed by atoms with Crippen LogP contribution in [0, 0.1) is 0 Å². The second-order valence-corrected chi connectivity index (χ2v) is 8.46. The number of nitrogens with zero attached hydrogens (tertiary/aromatic N) is 3. The summed E-state index contributed by atoms with van der Waals surface area (Å²) in [5.74, 6) is 0.620. The van der Waals surface area contributed by atoms with Crippen molar-refractivity contribution in [2.75, 3.05) is 64.4 Å². The molecule has 1 fully saturated rings. The molecule has 0 aliphatic carbocycles. The first-order valence-corrected chi connectivity index (χ1v) is 12.0. The molecule has 2 aromatic rings. The molecular weight excluding hydrogens is 434 g/mol. The van der Waals surface area contributed by atoms with Gasteiger partial charge in [0.05, 0.1) is 31.0 Å². The smallest absolute Gasteiger partial charge is 0.258 e. The Labute approximate surface area is 200 Å². The number of anilines is 2. The van der Waals surface area contributed by atoms with Gasteiger partial charge < -0.3 is 29.9 Å². The highest BCUT2D eigenvalue weighted by molar-refractivity contribution is 6.01. The van der Waals surface area contributed by atoms with Gasteiger partial charge in [-0.15, -0.1) is 0 Å². The van der Waals surface area contributed by atoms with Gasteiger partial charge in [-0.25, -0.2) is 4.98 Å². The van der Waals surface area contributed by atoms with E-state index in [1.165, 1.54) is 17.7 Å². The Bertz CT molecular complexity index is 964. The summed E-state index contributed by atoms with van der Waals surface area (Å²) in [6.07, 6.45) is 5.04. The van der Waals surface area contributed by atoms with E-state index in [2.05, 4.69) is 20.5 Å². The number of rotatable bonds is 6. The summed E-state index contributed by atoms with van der Waals surface area (Å²) in [4.78, 5) is 34.4. The van der Waals surface area contributed by atoms with Gasteiger partial charge in [0.25, 0.3) is 5.91 Å². The number of aromatic nitrogens is 1. The molecular formula is C25H33N5O4. The summed E-state index contributed by atoms with van der Waals surface area (Å²) < 4.78 is 11.5. The molecule has 0 atom stereocenters. The lowest BCUT2D eigenvalue weighted by Gasteiger charge is -2.23. The number of amides is 2. The molecule has 1 aromatic heterocycles. The number of ether oxygens (including phenoxy) is 2. The van der Waals surface area contributed by atoms with Crippen LogP contribution >= 0.6 is 0 Å². The molecule has 0 unspecified atom stereocenters. The third-order valence-electron chi connectivity index (χ3n) is 5.96. The fourth-order valence-corrected chi connectivity index (χ4v) is 4.18. The minimum absolute atomic E-state index is 0.0344. The van der Waals surface area contributed by atoms with Gasteiger partial charge in [0.2, 0.25) is 5.91 Å². The summed E-state index contributed by atoms with van der Waals surface area (Å²) in [6, 6.07) is 10.9. The molecule has 9 heteroatoms. The minimum Gasteiger partial charge on any atom is -0.489 e. The quantitative estimate of drug-likeness (QED) is 0.629. The molecule has 34 heavy (non-hydrogen) atoms. The summed E-state index contributed by atoms with van der Waals surface area (Å²) in [5, 5.41) is 6.18. The van der Waals surface area contributed by atoms with Gasteiger partial charge in [-0.3, -0.25) is 9.59 Å². The molecule has 1 saturated heterocycles. The number of nitrogens with one attached hydrogen (secondary N) is 2. The van der Waals surface area contributed by atoms with Crippen LogP contribution in [0.1, 0.15) is 29.6 Å². The first-order valence-electron chi connectivity index (χ1n) is 12.0. The number of hydrogen-bond acceptors (Lipinski definition) is 7. The van der Waals surface area contributed by atoms with Crippen molar-refractivity contribution in [3.8, 4) is 5.75 Å². The number of fused-ring (bicyclic) bond motifs is 2. The van der Waals surface area contributed by atoms with Gasteiger partial charge in [0.15, 0.2) is 0 Å². The van der Waals surface area contributed by atoms with Crippen LogP contribution in [0.25, 0.3) is 0 Å². The first kappa shape index (κ1) is 24.0. The zero-order chi connectivity index (χ0) is 23.6. The van der Waals surface area contributed by atoms with Crippen LogP contribution in [0.5, 0.6) is 5.75 Å². The average Bonchev–Trinajstić information content (AvgIpc) is 3.37. The molecule has 0 bridgehead atoms. The number of benzene rings is 1. The van der Waals surface area contributed by atoms with Gasteiger partial charge in [0.1, 0.15) is 18.2 Å². The van der Waals surface area contributed by atoms with E-state index in [4.69, 9.17) is 9.47 Å². The predicted molar refractivity (Wildman–Crippen MR) is 129 cm³/mol. The average molecular weight is 468 g/mol. The zero-order valence-electron chi connectivity index (χ0n) is 19.5. The lowest BCUT2D eigenvalue weighted by atomic mass is 10.2. The monoisotopic (exact) mass is 467 g/mol. The predicted octanol–water partition coefficient (Wildman–Crippen LogP) is 2.28. The Balaban J connectivity index is 1.43. The van der Waals surface area contributed by atoms with E-state index in [0.29, 0.717) is 55.7 Å². The SMILES string of the molecule is O=C(CN1CCOCCOc2ccccc2Nc2ncccc2C1=O)NCCCN1CCCC1. The Morgan fingerprint density at radius 2 is 1.91 bits per heavy atom. The maximum Gasteiger partial charge on any atom is 0.258 e. The van der Waals surface area contributed by atoms with Gasteiger partial charge in [0, 0.05) is 19.3 Å². The molecule has 0 radical (unpaired) electrons. The minimum atomic E-state index is -0.274. The van der Waals surface area contributed by atoms with Crippen molar-refractivity contribution in [3.05, 3.63) is 48.2 Å². The molecule has 2 aliphatic rings.